The standard InChI is InChI=1S/C18H20F3N3O3S2/c1-3-24(4-2)29(25,26)16-10-8-13(9-11-16)22-17(28)23-14-6-5-7-15(12-14)27-18(19,20)21/h5-12H,3-4H2,1-2H3,(H2,22,23,28). The van der Waals surface area contributed by atoms with E-state index in [2.05, 4.69) is 15.4 Å². The maximum atomic E-state index is 12.5. The van der Waals surface area contributed by atoms with Crippen LogP contribution in [0.1, 0.15) is 13.8 Å². The van der Waals surface area contributed by atoms with Crippen LogP contribution in [0.25, 0.3) is 0 Å². The molecule has 29 heavy (non-hydrogen) atoms. The van der Waals surface area contributed by atoms with Crippen molar-refractivity contribution >= 4 is 38.7 Å². The van der Waals surface area contributed by atoms with Gasteiger partial charge in [-0.25, -0.2) is 8.42 Å². The van der Waals surface area contributed by atoms with E-state index in [1.807, 2.05) is 0 Å². The molecule has 0 atom stereocenters. The smallest absolute Gasteiger partial charge is 0.406 e. The zero-order valence-corrected chi connectivity index (χ0v) is 17.3. The van der Waals surface area contributed by atoms with Gasteiger partial charge in [0.15, 0.2) is 5.11 Å². The van der Waals surface area contributed by atoms with Gasteiger partial charge in [0, 0.05) is 30.5 Å². The SMILES string of the molecule is CCN(CC)S(=O)(=O)c1ccc(NC(=S)Nc2cccc(OC(F)(F)F)c2)cc1. The molecule has 0 fully saturated rings. The Morgan fingerprint density at radius 2 is 1.62 bits per heavy atom. The summed E-state index contributed by atoms with van der Waals surface area (Å²) < 4.78 is 67.1. The molecule has 11 heteroatoms. The van der Waals surface area contributed by atoms with Crippen LogP contribution in [0.2, 0.25) is 0 Å². The summed E-state index contributed by atoms with van der Waals surface area (Å²) in [6.45, 7) is 4.25. The third-order valence-corrected chi connectivity index (χ3v) is 6.05. The number of nitrogens with zero attached hydrogens (tertiary/aromatic N) is 1. The number of benzene rings is 2. The largest absolute Gasteiger partial charge is 0.573 e. The van der Waals surface area contributed by atoms with Gasteiger partial charge in [-0.2, -0.15) is 4.31 Å². The quantitative estimate of drug-likeness (QED) is 0.612. The Morgan fingerprint density at radius 3 is 2.17 bits per heavy atom. The van der Waals surface area contributed by atoms with E-state index in [0.717, 1.165) is 6.07 Å². The summed E-state index contributed by atoms with van der Waals surface area (Å²) in [7, 11) is -3.56. The number of hydrogen-bond acceptors (Lipinski definition) is 4. The summed E-state index contributed by atoms with van der Waals surface area (Å²) in [5.74, 6) is -0.378. The lowest BCUT2D eigenvalue weighted by Crippen LogP contribution is -2.30. The first-order valence-electron chi connectivity index (χ1n) is 8.59. The summed E-state index contributed by atoms with van der Waals surface area (Å²) in [6, 6.07) is 11.2. The number of alkyl halides is 3. The molecule has 0 aliphatic heterocycles. The molecule has 0 heterocycles. The third kappa shape index (κ3) is 6.58. The van der Waals surface area contributed by atoms with Crippen LogP contribution < -0.4 is 15.4 Å². The highest BCUT2D eigenvalue weighted by atomic mass is 32.2. The number of hydrogen-bond donors (Lipinski definition) is 2. The normalized spacial score (nSPS) is 11.9. The summed E-state index contributed by atoms with van der Waals surface area (Å²) in [6.07, 6.45) is -4.79. The van der Waals surface area contributed by atoms with Crippen molar-refractivity contribution in [2.75, 3.05) is 23.7 Å². The fourth-order valence-electron chi connectivity index (χ4n) is 2.49. The van der Waals surface area contributed by atoms with Gasteiger partial charge >= 0.3 is 6.36 Å². The highest BCUT2D eigenvalue weighted by Crippen LogP contribution is 2.25. The number of ether oxygens (including phenoxy) is 1. The molecule has 158 valence electrons. The Balaban J connectivity index is 2.04. The second-order valence-corrected chi connectivity index (χ2v) is 8.11. The predicted octanol–water partition coefficient (Wildman–Crippen LogP) is 4.42. The summed E-state index contributed by atoms with van der Waals surface area (Å²) in [4.78, 5) is 0.155. The molecule has 0 unspecified atom stereocenters. The van der Waals surface area contributed by atoms with Gasteiger partial charge in [-0.3, -0.25) is 0 Å². The lowest BCUT2D eigenvalue weighted by atomic mass is 10.3. The highest BCUT2D eigenvalue weighted by molar-refractivity contribution is 7.89. The van der Waals surface area contributed by atoms with Crippen LogP contribution in [-0.4, -0.2) is 37.3 Å². The van der Waals surface area contributed by atoms with E-state index in [1.54, 1.807) is 26.0 Å². The maximum Gasteiger partial charge on any atom is 0.573 e. The molecule has 2 aromatic carbocycles. The van der Waals surface area contributed by atoms with Crippen LogP contribution in [-0.2, 0) is 10.0 Å². The van der Waals surface area contributed by atoms with Gasteiger partial charge in [-0.05, 0) is 48.6 Å². The van der Waals surface area contributed by atoms with Gasteiger partial charge in [0.25, 0.3) is 0 Å². The Bertz CT molecular complexity index is 945. The Kier molecular flexibility index (Phi) is 7.44. The van der Waals surface area contributed by atoms with Crippen molar-refractivity contribution in [1.82, 2.24) is 4.31 Å². The predicted molar refractivity (Wildman–Crippen MR) is 110 cm³/mol. The number of anilines is 2. The van der Waals surface area contributed by atoms with Gasteiger partial charge in [0.1, 0.15) is 5.75 Å². The Labute approximate surface area is 172 Å². The highest BCUT2D eigenvalue weighted by Gasteiger charge is 2.31. The van der Waals surface area contributed by atoms with Gasteiger partial charge in [0.2, 0.25) is 10.0 Å². The van der Waals surface area contributed by atoms with Crippen molar-refractivity contribution in [1.29, 1.82) is 0 Å². The van der Waals surface area contributed by atoms with Crippen LogP contribution in [0.3, 0.4) is 0 Å². The number of sulfonamides is 1. The lowest BCUT2D eigenvalue weighted by molar-refractivity contribution is -0.274. The van der Waals surface area contributed by atoms with Crippen molar-refractivity contribution in [2.45, 2.75) is 25.1 Å². The van der Waals surface area contributed by atoms with E-state index in [1.165, 1.54) is 34.6 Å². The van der Waals surface area contributed by atoms with Crippen molar-refractivity contribution in [2.24, 2.45) is 0 Å². The first-order valence-corrected chi connectivity index (χ1v) is 10.4. The van der Waals surface area contributed by atoms with Gasteiger partial charge in [-0.15, -0.1) is 13.2 Å². The first-order chi connectivity index (χ1) is 13.5. The molecule has 0 spiro atoms. The molecule has 0 aliphatic rings. The second kappa shape index (κ2) is 9.42. The maximum absolute atomic E-state index is 12.5. The first kappa shape index (κ1) is 22.9. The molecule has 0 saturated heterocycles. The number of nitrogens with one attached hydrogen (secondary N) is 2. The van der Waals surface area contributed by atoms with Crippen molar-refractivity contribution < 1.29 is 26.3 Å². The Morgan fingerprint density at radius 1 is 1.03 bits per heavy atom. The molecule has 0 saturated carbocycles. The fraction of sp³-hybridized carbons (Fsp3) is 0.278. The van der Waals surface area contributed by atoms with Crippen LogP contribution in [0.15, 0.2) is 53.4 Å². The van der Waals surface area contributed by atoms with E-state index in [9.17, 15) is 21.6 Å². The zero-order valence-electron chi connectivity index (χ0n) is 15.7. The van der Waals surface area contributed by atoms with E-state index in [-0.39, 0.29) is 15.8 Å². The van der Waals surface area contributed by atoms with Gasteiger partial charge < -0.3 is 15.4 Å². The molecule has 0 aliphatic carbocycles. The minimum Gasteiger partial charge on any atom is -0.406 e. The zero-order chi connectivity index (χ0) is 21.7. The molecule has 2 N–H and O–H groups in total. The Hall–Kier alpha value is -2.37. The van der Waals surface area contributed by atoms with E-state index < -0.39 is 16.4 Å². The topological polar surface area (TPSA) is 70.7 Å². The molecule has 0 aromatic heterocycles. The van der Waals surface area contributed by atoms with Crippen molar-refractivity contribution in [3.8, 4) is 5.75 Å². The van der Waals surface area contributed by atoms with Crippen LogP contribution >= 0.6 is 12.2 Å². The molecule has 0 amide bonds. The minimum absolute atomic E-state index is 0.119. The average molecular weight is 448 g/mol. The summed E-state index contributed by atoms with van der Waals surface area (Å²) >= 11 is 5.14. The number of rotatable bonds is 7. The molecule has 2 aromatic rings. The molecular weight excluding hydrogens is 427 g/mol. The second-order valence-electron chi connectivity index (χ2n) is 5.77. The molecular formula is C18H20F3N3O3S2. The van der Waals surface area contributed by atoms with E-state index in [0.29, 0.717) is 24.5 Å². The number of thiocarbonyl (C=S) groups is 1. The third-order valence-electron chi connectivity index (χ3n) is 3.78. The van der Waals surface area contributed by atoms with E-state index >= 15 is 0 Å². The van der Waals surface area contributed by atoms with Crippen LogP contribution in [0.5, 0.6) is 5.75 Å². The van der Waals surface area contributed by atoms with Crippen molar-refractivity contribution in [3.05, 3.63) is 48.5 Å². The van der Waals surface area contributed by atoms with E-state index in [4.69, 9.17) is 12.2 Å². The minimum atomic E-state index is -4.79. The summed E-state index contributed by atoms with van der Waals surface area (Å²) in [5, 5.41) is 5.71. The molecule has 6 nitrogen and oxygen atoms in total. The van der Waals surface area contributed by atoms with Crippen molar-refractivity contribution in [3.63, 3.8) is 0 Å². The summed E-state index contributed by atoms with van der Waals surface area (Å²) in [5.41, 5.74) is 0.814. The molecule has 0 bridgehead atoms. The fourth-order valence-corrected chi connectivity index (χ4v) is 4.18. The number of halogens is 3. The monoisotopic (exact) mass is 447 g/mol. The van der Waals surface area contributed by atoms with Crippen LogP contribution in [0.4, 0.5) is 24.5 Å². The van der Waals surface area contributed by atoms with Gasteiger partial charge in [0.05, 0.1) is 4.90 Å². The van der Waals surface area contributed by atoms with Crippen LogP contribution in [0, 0.1) is 0 Å². The average Bonchev–Trinajstić information content (AvgIpc) is 2.61. The molecule has 0 radical (unpaired) electrons. The molecule has 2 rings (SSSR count). The van der Waals surface area contributed by atoms with Gasteiger partial charge in [-0.1, -0.05) is 19.9 Å². The lowest BCUT2D eigenvalue weighted by Gasteiger charge is -2.18.